The van der Waals surface area contributed by atoms with E-state index >= 15 is 0 Å². The van der Waals surface area contributed by atoms with Crippen LogP contribution in [0.3, 0.4) is 0 Å². The van der Waals surface area contributed by atoms with E-state index in [-0.39, 0.29) is 18.5 Å². The monoisotopic (exact) mass is 359 g/mol. The smallest absolute Gasteiger partial charge is 0.324 e. The Morgan fingerprint density at radius 1 is 1.15 bits per heavy atom. The van der Waals surface area contributed by atoms with Crippen molar-refractivity contribution in [3.8, 4) is 0 Å². The molecule has 0 bridgehead atoms. The summed E-state index contributed by atoms with van der Waals surface area (Å²) < 4.78 is 0. The zero-order chi connectivity index (χ0) is 18.5. The summed E-state index contributed by atoms with van der Waals surface area (Å²) in [7, 11) is 0. The minimum atomic E-state index is -0.703. The van der Waals surface area contributed by atoms with Crippen LogP contribution in [0.25, 0.3) is 0 Å². The normalized spacial score (nSPS) is 23.3. The molecule has 1 aromatic carbocycles. The van der Waals surface area contributed by atoms with Crippen molar-refractivity contribution in [1.29, 1.82) is 0 Å². The van der Waals surface area contributed by atoms with Gasteiger partial charge in [0.25, 0.3) is 5.91 Å². The van der Waals surface area contributed by atoms with Crippen LogP contribution in [-0.4, -0.2) is 65.2 Å². The van der Waals surface area contributed by atoms with E-state index in [1.807, 2.05) is 30.3 Å². The van der Waals surface area contributed by atoms with Crippen LogP contribution >= 0.6 is 0 Å². The van der Waals surface area contributed by atoms with Gasteiger partial charge in [0.05, 0.1) is 12.6 Å². The van der Waals surface area contributed by atoms with E-state index in [0.29, 0.717) is 13.0 Å². The van der Waals surface area contributed by atoms with Gasteiger partial charge in [-0.25, -0.2) is 4.79 Å². The Balaban J connectivity index is 1.47. The molecule has 2 aliphatic heterocycles. The largest absolute Gasteiger partial charge is 0.390 e. The van der Waals surface area contributed by atoms with Gasteiger partial charge in [0, 0.05) is 6.54 Å². The summed E-state index contributed by atoms with van der Waals surface area (Å²) in [6.07, 6.45) is 2.88. The number of piperidine rings is 1. The molecule has 3 amide bonds. The fourth-order valence-electron chi connectivity index (χ4n) is 3.71. The highest BCUT2D eigenvalue weighted by atomic mass is 16.3. The summed E-state index contributed by atoms with van der Waals surface area (Å²) in [6.45, 7) is 4.77. The zero-order valence-electron chi connectivity index (χ0n) is 15.4. The van der Waals surface area contributed by atoms with Gasteiger partial charge < -0.3 is 15.3 Å². The summed E-state index contributed by atoms with van der Waals surface area (Å²) in [4.78, 5) is 28.1. The average molecular weight is 359 g/mol. The van der Waals surface area contributed by atoms with Gasteiger partial charge >= 0.3 is 6.03 Å². The maximum Gasteiger partial charge on any atom is 0.324 e. The molecule has 2 fully saturated rings. The number of amides is 3. The predicted octanol–water partition coefficient (Wildman–Crippen LogP) is 1.63. The van der Waals surface area contributed by atoms with Gasteiger partial charge in [0.2, 0.25) is 0 Å². The van der Waals surface area contributed by atoms with Gasteiger partial charge in [0.1, 0.15) is 6.04 Å². The molecule has 2 heterocycles. The number of β-amino-alcohol motifs (C(OH)–C–C–N with tert-alkyl or cyclic N) is 1. The second-order valence-electron chi connectivity index (χ2n) is 7.61. The molecule has 6 heteroatoms. The second-order valence-corrected chi connectivity index (χ2v) is 7.61. The number of carbonyl (C=O) groups excluding carboxylic acids is 2. The lowest BCUT2D eigenvalue weighted by atomic mass is 9.99. The first-order chi connectivity index (χ1) is 12.5. The number of hydrogen-bond donors (Lipinski definition) is 2. The van der Waals surface area contributed by atoms with Gasteiger partial charge in [-0.1, -0.05) is 37.3 Å². The Morgan fingerprint density at radius 2 is 1.85 bits per heavy atom. The fraction of sp³-hybridized carbons (Fsp3) is 0.600. The third kappa shape index (κ3) is 4.83. The third-order valence-electron chi connectivity index (χ3n) is 5.41. The molecule has 3 rings (SSSR count). The van der Waals surface area contributed by atoms with E-state index in [9.17, 15) is 14.7 Å². The molecule has 2 saturated heterocycles. The van der Waals surface area contributed by atoms with Crippen molar-refractivity contribution in [3.63, 3.8) is 0 Å². The molecule has 0 radical (unpaired) electrons. The molecule has 0 aromatic heterocycles. The van der Waals surface area contributed by atoms with Crippen molar-refractivity contribution in [2.45, 2.75) is 44.8 Å². The van der Waals surface area contributed by atoms with E-state index in [1.54, 1.807) is 0 Å². The molecule has 0 aliphatic carbocycles. The molecule has 0 spiro atoms. The van der Waals surface area contributed by atoms with Crippen LogP contribution in [0.1, 0.15) is 31.7 Å². The van der Waals surface area contributed by atoms with Crippen LogP contribution in [0, 0.1) is 5.92 Å². The summed E-state index contributed by atoms with van der Waals surface area (Å²) in [6, 6.07) is 9.04. The van der Waals surface area contributed by atoms with Gasteiger partial charge in [-0.05, 0) is 50.3 Å². The highest BCUT2D eigenvalue weighted by Crippen LogP contribution is 2.17. The van der Waals surface area contributed by atoms with E-state index in [0.717, 1.165) is 43.8 Å². The number of imide groups is 1. The molecule has 0 saturated carbocycles. The molecular weight excluding hydrogens is 330 g/mol. The second kappa shape index (κ2) is 8.64. The SMILES string of the molecule is CC1CCN(CC(O)CN2C(=O)NC(CCc3ccccc3)C2=O)CC1. The molecule has 1 aromatic rings. The highest BCUT2D eigenvalue weighted by molar-refractivity contribution is 6.04. The number of benzene rings is 1. The van der Waals surface area contributed by atoms with Crippen LogP contribution < -0.4 is 5.32 Å². The van der Waals surface area contributed by atoms with E-state index < -0.39 is 12.1 Å². The first-order valence-electron chi connectivity index (χ1n) is 9.59. The minimum absolute atomic E-state index is 0.0680. The topological polar surface area (TPSA) is 72.9 Å². The van der Waals surface area contributed by atoms with Crippen molar-refractivity contribution in [1.82, 2.24) is 15.1 Å². The Hall–Kier alpha value is -1.92. The molecule has 2 aliphatic rings. The lowest BCUT2D eigenvalue weighted by molar-refractivity contribution is -0.128. The van der Waals surface area contributed by atoms with Crippen molar-refractivity contribution >= 4 is 11.9 Å². The Morgan fingerprint density at radius 3 is 2.54 bits per heavy atom. The van der Waals surface area contributed by atoms with Crippen LogP contribution in [0.2, 0.25) is 0 Å². The van der Waals surface area contributed by atoms with Crippen LogP contribution in [0.5, 0.6) is 0 Å². The lowest BCUT2D eigenvalue weighted by Crippen LogP contribution is -2.45. The number of likely N-dealkylation sites (tertiary alicyclic amines) is 1. The molecule has 6 nitrogen and oxygen atoms in total. The molecule has 2 atom stereocenters. The van der Waals surface area contributed by atoms with Crippen LogP contribution in [-0.2, 0) is 11.2 Å². The predicted molar refractivity (Wildman–Crippen MR) is 99.6 cm³/mol. The van der Waals surface area contributed by atoms with E-state index in [1.165, 1.54) is 4.90 Å². The molecule has 142 valence electrons. The maximum atomic E-state index is 12.5. The minimum Gasteiger partial charge on any atom is -0.390 e. The van der Waals surface area contributed by atoms with Gasteiger partial charge in [0.15, 0.2) is 0 Å². The number of aliphatic hydroxyl groups excluding tert-OH is 1. The van der Waals surface area contributed by atoms with Crippen molar-refractivity contribution in [3.05, 3.63) is 35.9 Å². The molecule has 26 heavy (non-hydrogen) atoms. The zero-order valence-corrected chi connectivity index (χ0v) is 15.4. The maximum absolute atomic E-state index is 12.5. The van der Waals surface area contributed by atoms with Gasteiger partial charge in [-0.2, -0.15) is 0 Å². The first-order valence-corrected chi connectivity index (χ1v) is 9.59. The van der Waals surface area contributed by atoms with Crippen molar-refractivity contribution in [2.24, 2.45) is 5.92 Å². The lowest BCUT2D eigenvalue weighted by Gasteiger charge is -2.32. The van der Waals surface area contributed by atoms with E-state index in [2.05, 4.69) is 17.1 Å². The fourth-order valence-corrected chi connectivity index (χ4v) is 3.71. The first kappa shape index (κ1) is 18.9. The number of aryl methyl sites for hydroxylation is 1. The summed E-state index contributed by atoms with van der Waals surface area (Å²) in [5, 5.41) is 13.1. The number of nitrogens with one attached hydrogen (secondary N) is 1. The number of carbonyl (C=O) groups is 2. The number of hydrogen-bond acceptors (Lipinski definition) is 4. The molecule has 2 unspecified atom stereocenters. The average Bonchev–Trinajstić information content (AvgIpc) is 2.90. The van der Waals surface area contributed by atoms with Crippen molar-refractivity contribution < 1.29 is 14.7 Å². The quantitative estimate of drug-likeness (QED) is 0.726. The Bertz CT molecular complexity index is 614. The summed E-state index contributed by atoms with van der Waals surface area (Å²) >= 11 is 0. The number of rotatable bonds is 7. The molecular formula is C20H29N3O3. The number of aliphatic hydroxyl groups is 1. The van der Waals surface area contributed by atoms with Crippen molar-refractivity contribution in [2.75, 3.05) is 26.2 Å². The third-order valence-corrected chi connectivity index (χ3v) is 5.41. The van der Waals surface area contributed by atoms with Gasteiger partial charge in [-0.3, -0.25) is 9.69 Å². The number of nitrogens with zero attached hydrogens (tertiary/aromatic N) is 2. The Labute approximate surface area is 155 Å². The number of urea groups is 1. The summed E-state index contributed by atoms with van der Waals surface area (Å²) in [5.41, 5.74) is 1.15. The molecule has 2 N–H and O–H groups in total. The highest BCUT2D eigenvalue weighted by Gasteiger charge is 2.38. The standard InChI is InChI=1S/C20H29N3O3/c1-15-9-11-22(12-10-15)13-17(24)14-23-19(25)18(21-20(23)26)8-7-16-5-3-2-4-6-16/h2-6,15,17-18,24H,7-14H2,1H3,(H,21,26). The Kier molecular flexibility index (Phi) is 6.27. The van der Waals surface area contributed by atoms with Gasteiger partial charge in [-0.15, -0.1) is 0 Å². The van der Waals surface area contributed by atoms with Crippen LogP contribution in [0.15, 0.2) is 30.3 Å². The van der Waals surface area contributed by atoms with Crippen LogP contribution in [0.4, 0.5) is 4.79 Å². The summed E-state index contributed by atoms with van der Waals surface area (Å²) in [5.74, 6) is 0.511. The van der Waals surface area contributed by atoms with E-state index in [4.69, 9.17) is 0 Å².